The molecule has 1 fully saturated rings. The van der Waals surface area contributed by atoms with E-state index in [4.69, 9.17) is 4.74 Å². The van der Waals surface area contributed by atoms with Crippen LogP contribution in [-0.4, -0.2) is 37.7 Å². The van der Waals surface area contributed by atoms with E-state index in [1.165, 1.54) is 24.9 Å². The van der Waals surface area contributed by atoms with Crippen molar-refractivity contribution < 1.29 is 4.74 Å². The third-order valence-corrected chi connectivity index (χ3v) is 4.28. The average molecular weight is 276 g/mol. The zero-order valence-corrected chi connectivity index (χ0v) is 13.1. The summed E-state index contributed by atoms with van der Waals surface area (Å²) in [6.07, 6.45) is 3.77. The van der Waals surface area contributed by atoms with E-state index in [2.05, 4.69) is 55.4 Å². The average Bonchev–Trinajstić information content (AvgIpc) is 2.85. The lowest BCUT2D eigenvalue weighted by Gasteiger charge is -2.21. The number of benzene rings is 1. The molecule has 2 unspecified atom stereocenters. The van der Waals surface area contributed by atoms with Crippen molar-refractivity contribution >= 4 is 0 Å². The van der Waals surface area contributed by atoms with Crippen molar-refractivity contribution in [3.05, 3.63) is 29.8 Å². The molecule has 1 heterocycles. The van der Waals surface area contributed by atoms with Crippen LogP contribution in [0.2, 0.25) is 0 Å². The first-order valence-electron chi connectivity index (χ1n) is 7.87. The lowest BCUT2D eigenvalue weighted by molar-refractivity contribution is 0.231. The second-order valence-corrected chi connectivity index (χ2v) is 5.73. The molecule has 3 heteroatoms. The first kappa shape index (κ1) is 15.3. The Kier molecular flexibility index (Phi) is 5.86. The number of para-hydroxylation sites is 1. The van der Waals surface area contributed by atoms with E-state index in [9.17, 15) is 0 Å². The summed E-state index contributed by atoms with van der Waals surface area (Å²) >= 11 is 0. The third kappa shape index (κ3) is 3.97. The molecule has 1 aromatic carbocycles. The van der Waals surface area contributed by atoms with Gasteiger partial charge in [0.2, 0.25) is 0 Å². The Morgan fingerprint density at radius 1 is 1.40 bits per heavy atom. The highest BCUT2D eigenvalue weighted by Crippen LogP contribution is 2.25. The highest BCUT2D eigenvalue weighted by atomic mass is 16.5. The number of likely N-dealkylation sites (tertiary alicyclic amines) is 1. The number of hydrogen-bond donors (Lipinski definition) is 1. The summed E-state index contributed by atoms with van der Waals surface area (Å²) in [5.74, 6) is 1.03. The summed E-state index contributed by atoms with van der Waals surface area (Å²) in [4.78, 5) is 2.45. The SMILES string of the molecule is CCNC(C)c1ccccc1OCCC1CCCN1C. The van der Waals surface area contributed by atoms with Crippen LogP contribution < -0.4 is 10.1 Å². The number of nitrogens with zero attached hydrogens (tertiary/aromatic N) is 1. The monoisotopic (exact) mass is 276 g/mol. The fourth-order valence-corrected chi connectivity index (χ4v) is 3.03. The minimum absolute atomic E-state index is 0.338. The molecule has 0 aliphatic carbocycles. The van der Waals surface area contributed by atoms with E-state index in [1.807, 2.05) is 0 Å². The minimum Gasteiger partial charge on any atom is -0.493 e. The molecule has 0 radical (unpaired) electrons. The van der Waals surface area contributed by atoms with Gasteiger partial charge in [0.1, 0.15) is 5.75 Å². The highest BCUT2D eigenvalue weighted by molar-refractivity contribution is 5.35. The normalized spacial score (nSPS) is 21.1. The van der Waals surface area contributed by atoms with Crippen molar-refractivity contribution in [1.29, 1.82) is 0 Å². The molecule has 2 rings (SSSR count). The van der Waals surface area contributed by atoms with Gasteiger partial charge in [-0.3, -0.25) is 0 Å². The predicted octanol–water partition coefficient (Wildman–Crippen LogP) is 3.22. The van der Waals surface area contributed by atoms with E-state index in [1.54, 1.807) is 0 Å². The van der Waals surface area contributed by atoms with Crippen LogP contribution in [0.1, 0.15) is 44.7 Å². The van der Waals surface area contributed by atoms with Gasteiger partial charge >= 0.3 is 0 Å². The van der Waals surface area contributed by atoms with Crippen LogP contribution in [0.15, 0.2) is 24.3 Å². The molecule has 1 aromatic rings. The Morgan fingerprint density at radius 2 is 2.20 bits per heavy atom. The molecule has 0 amide bonds. The Morgan fingerprint density at radius 3 is 2.90 bits per heavy atom. The van der Waals surface area contributed by atoms with Crippen LogP contribution in [0, 0.1) is 0 Å². The lowest BCUT2D eigenvalue weighted by atomic mass is 10.1. The molecule has 1 aliphatic heterocycles. The first-order valence-corrected chi connectivity index (χ1v) is 7.87. The highest BCUT2D eigenvalue weighted by Gasteiger charge is 2.20. The van der Waals surface area contributed by atoms with Gasteiger partial charge in [0.25, 0.3) is 0 Å². The van der Waals surface area contributed by atoms with Crippen molar-refractivity contribution in [1.82, 2.24) is 10.2 Å². The largest absolute Gasteiger partial charge is 0.493 e. The predicted molar refractivity (Wildman–Crippen MR) is 84.3 cm³/mol. The number of hydrogen-bond acceptors (Lipinski definition) is 3. The summed E-state index contributed by atoms with van der Waals surface area (Å²) in [7, 11) is 2.22. The van der Waals surface area contributed by atoms with E-state index < -0.39 is 0 Å². The summed E-state index contributed by atoms with van der Waals surface area (Å²) in [6, 6.07) is 9.42. The first-order chi connectivity index (χ1) is 9.72. The molecule has 1 N–H and O–H groups in total. The van der Waals surface area contributed by atoms with E-state index in [0.29, 0.717) is 12.1 Å². The van der Waals surface area contributed by atoms with Crippen LogP contribution in [0.5, 0.6) is 5.75 Å². The zero-order chi connectivity index (χ0) is 14.4. The van der Waals surface area contributed by atoms with Gasteiger partial charge in [0, 0.05) is 17.6 Å². The molecule has 0 spiro atoms. The molecule has 0 saturated carbocycles. The molecule has 0 bridgehead atoms. The summed E-state index contributed by atoms with van der Waals surface area (Å²) in [6.45, 7) is 7.35. The van der Waals surface area contributed by atoms with Crippen molar-refractivity contribution in [2.45, 2.75) is 45.2 Å². The number of rotatable bonds is 7. The van der Waals surface area contributed by atoms with Gasteiger partial charge in [-0.2, -0.15) is 0 Å². The molecule has 3 nitrogen and oxygen atoms in total. The maximum atomic E-state index is 6.05. The van der Waals surface area contributed by atoms with E-state index >= 15 is 0 Å². The van der Waals surface area contributed by atoms with Gasteiger partial charge in [-0.05, 0) is 52.4 Å². The molecule has 2 atom stereocenters. The Balaban J connectivity index is 1.88. The molecule has 1 aliphatic rings. The summed E-state index contributed by atoms with van der Waals surface area (Å²) in [5, 5.41) is 3.45. The molecule has 1 saturated heterocycles. The van der Waals surface area contributed by atoms with Gasteiger partial charge in [0.05, 0.1) is 6.61 Å². The smallest absolute Gasteiger partial charge is 0.124 e. The number of ether oxygens (including phenoxy) is 1. The summed E-state index contributed by atoms with van der Waals surface area (Å²) in [5.41, 5.74) is 1.26. The summed E-state index contributed by atoms with van der Waals surface area (Å²) < 4.78 is 6.05. The molecule has 20 heavy (non-hydrogen) atoms. The molecule has 112 valence electrons. The van der Waals surface area contributed by atoms with Crippen molar-refractivity contribution in [2.24, 2.45) is 0 Å². The maximum Gasteiger partial charge on any atom is 0.124 e. The fourth-order valence-electron chi connectivity index (χ4n) is 3.03. The maximum absolute atomic E-state index is 6.05. The quantitative estimate of drug-likeness (QED) is 0.827. The van der Waals surface area contributed by atoms with Gasteiger partial charge in [-0.15, -0.1) is 0 Å². The standard InChI is InChI=1S/C17H28N2O/c1-4-18-14(2)16-9-5-6-10-17(16)20-13-11-15-8-7-12-19(15)3/h5-6,9-10,14-15,18H,4,7-8,11-13H2,1-3H3. The van der Waals surface area contributed by atoms with Gasteiger partial charge in [-0.1, -0.05) is 25.1 Å². The van der Waals surface area contributed by atoms with Gasteiger partial charge in [0.15, 0.2) is 0 Å². The van der Waals surface area contributed by atoms with Gasteiger partial charge < -0.3 is 15.0 Å². The molecular weight excluding hydrogens is 248 g/mol. The van der Waals surface area contributed by atoms with E-state index in [0.717, 1.165) is 25.3 Å². The van der Waals surface area contributed by atoms with Crippen LogP contribution in [-0.2, 0) is 0 Å². The Labute approximate surface area is 123 Å². The molecule has 0 aromatic heterocycles. The minimum atomic E-state index is 0.338. The topological polar surface area (TPSA) is 24.5 Å². The second-order valence-electron chi connectivity index (χ2n) is 5.73. The Bertz CT molecular complexity index is 408. The lowest BCUT2D eigenvalue weighted by Crippen LogP contribution is -2.26. The van der Waals surface area contributed by atoms with Crippen molar-refractivity contribution in [2.75, 3.05) is 26.7 Å². The van der Waals surface area contributed by atoms with Crippen LogP contribution in [0.25, 0.3) is 0 Å². The third-order valence-electron chi connectivity index (χ3n) is 4.28. The zero-order valence-electron chi connectivity index (χ0n) is 13.1. The van der Waals surface area contributed by atoms with E-state index in [-0.39, 0.29) is 0 Å². The second kappa shape index (κ2) is 7.65. The Hall–Kier alpha value is -1.06. The van der Waals surface area contributed by atoms with Crippen molar-refractivity contribution in [3.8, 4) is 5.75 Å². The van der Waals surface area contributed by atoms with Crippen LogP contribution >= 0.6 is 0 Å². The molecular formula is C17H28N2O. The van der Waals surface area contributed by atoms with Crippen LogP contribution in [0.4, 0.5) is 0 Å². The fraction of sp³-hybridized carbons (Fsp3) is 0.647. The van der Waals surface area contributed by atoms with Crippen LogP contribution in [0.3, 0.4) is 0 Å². The number of nitrogens with one attached hydrogen (secondary N) is 1. The van der Waals surface area contributed by atoms with Gasteiger partial charge in [-0.25, -0.2) is 0 Å². The van der Waals surface area contributed by atoms with Crippen molar-refractivity contribution in [3.63, 3.8) is 0 Å².